The van der Waals surface area contributed by atoms with Crippen molar-refractivity contribution in [2.45, 2.75) is 43.9 Å². The summed E-state index contributed by atoms with van der Waals surface area (Å²) in [5.74, 6) is 0.194. The molecule has 0 bridgehead atoms. The summed E-state index contributed by atoms with van der Waals surface area (Å²) < 4.78 is 19.4. The molecule has 2 aliphatic rings. The van der Waals surface area contributed by atoms with Gasteiger partial charge in [-0.1, -0.05) is 0 Å². The van der Waals surface area contributed by atoms with Crippen molar-refractivity contribution >= 4 is 0 Å². The molecule has 1 fully saturated rings. The van der Waals surface area contributed by atoms with Crippen LogP contribution in [0.5, 0.6) is 5.75 Å². The number of hydrogen-bond donors (Lipinski definition) is 1. The first-order valence-electron chi connectivity index (χ1n) is 6.86. The molecule has 0 radical (unpaired) electrons. The molecule has 0 aliphatic carbocycles. The largest absolute Gasteiger partial charge is 0.487 e. The van der Waals surface area contributed by atoms with E-state index in [1.165, 1.54) is 12.1 Å². The first kappa shape index (κ1) is 12.9. The van der Waals surface area contributed by atoms with Gasteiger partial charge in [-0.2, -0.15) is 0 Å². The summed E-state index contributed by atoms with van der Waals surface area (Å²) in [6.45, 7) is 3.11. The Morgan fingerprint density at radius 1 is 1.42 bits per heavy atom. The molecule has 1 aromatic carbocycles. The van der Waals surface area contributed by atoms with Gasteiger partial charge in [0.1, 0.15) is 17.2 Å². The number of likely N-dealkylation sites (tertiary alicyclic amines) is 1. The van der Waals surface area contributed by atoms with Crippen molar-refractivity contribution in [1.29, 1.82) is 0 Å². The van der Waals surface area contributed by atoms with Crippen LogP contribution in [0, 0.1) is 5.82 Å². The standard InChI is InChI=1S/C15H20FNO2/c1-10-8-15(5-6-17(10)2)9-13(18)12-4-3-11(16)7-14(12)19-15/h3-4,7,10,13,18H,5-6,8-9H2,1-2H3/t10?,13-,15?/m0/s1. The van der Waals surface area contributed by atoms with Gasteiger partial charge in [0.15, 0.2) is 0 Å². The summed E-state index contributed by atoms with van der Waals surface area (Å²) in [5, 5.41) is 10.3. The molecule has 2 unspecified atom stereocenters. The van der Waals surface area contributed by atoms with Crippen LogP contribution in [0.3, 0.4) is 0 Å². The molecule has 1 N–H and O–H groups in total. The van der Waals surface area contributed by atoms with Gasteiger partial charge in [0.2, 0.25) is 0 Å². The zero-order chi connectivity index (χ0) is 13.6. The maximum atomic E-state index is 13.3. The minimum Gasteiger partial charge on any atom is -0.487 e. The zero-order valence-electron chi connectivity index (χ0n) is 11.4. The van der Waals surface area contributed by atoms with E-state index in [1.807, 2.05) is 0 Å². The van der Waals surface area contributed by atoms with Crippen molar-refractivity contribution in [3.05, 3.63) is 29.6 Å². The van der Waals surface area contributed by atoms with Crippen molar-refractivity contribution in [3.63, 3.8) is 0 Å². The fraction of sp³-hybridized carbons (Fsp3) is 0.600. The van der Waals surface area contributed by atoms with Gasteiger partial charge in [0, 0.05) is 37.1 Å². The number of halogens is 1. The van der Waals surface area contributed by atoms with Crippen molar-refractivity contribution in [2.75, 3.05) is 13.6 Å². The Balaban J connectivity index is 1.91. The number of aliphatic hydroxyl groups is 1. The highest BCUT2D eigenvalue weighted by Gasteiger charge is 2.44. The monoisotopic (exact) mass is 265 g/mol. The lowest BCUT2D eigenvalue weighted by Gasteiger charge is -2.47. The van der Waals surface area contributed by atoms with Crippen molar-refractivity contribution < 1.29 is 14.2 Å². The number of benzene rings is 1. The SMILES string of the molecule is CC1CC2(CCN1C)C[C@H](O)c1ccc(F)cc1O2. The van der Waals surface area contributed by atoms with Crippen LogP contribution in [-0.2, 0) is 0 Å². The van der Waals surface area contributed by atoms with Gasteiger partial charge in [0.25, 0.3) is 0 Å². The number of piperidine rings is 1. The Kier molecular flexibility index (Phi) is 3.02. The maximum Gasteiger partial charge on any atom is 0.128 e. The Morgan fingerprint density at radius 2 is 2.21 bits per heavy atom. The van der Waals surface area contributed by atoms with Crippen LogP contribution in [0.15, 0.2) is 18.2 Å². The molecule has 2 heterocycles. The Hall–Kier alpha value is -1.13. The van der Waals surface area contributed by atoms with E-state index in [4.69, 9.17) is 4.74 Å². The summed E-state index contributed by atoms with van der Waals surface area (Å²) in [4.78, 5) is 2.29. The number of fused-ring (bicyclic) bond motifs is 1. The second-order valence-corrected chi connectivity index (χ2v) is 5.97. The predicted octanol–water partition coefficient (Wildman–Crippen LogP) is 2.49. The average molecular weight is 265 g/mol. The van der Waals surface area contributed by atoms with Crippen LogP contribution in [-0.4, -0.2) is 35.2 Å². The fourth-order valence-corrected chi connectivity index (χ4v) is 3.28. The third kappa shape index (κ3) is 2.23. The smallest absolute Gasteiger partial charge is 0.128 e. The van der Waals surface area contributed by atoms with E-state index in [2.05, 4.69) is 18.9 Å². The lowest BCUT2D eigenvalue weighted by Crippen LogP contribution is -2.52. The third-order valence-electron chi connectivity index (χ3n) is 4.57. The highest BCUT2D eigenvalue weighted by molar-refractivity contribution is 5.38. The molecule has 1 aromatic rings. The fourth-order valence-electron chi connectivity index (χ4n) is 3.28. The molecule has 0 amide bonds. The van der Waals surface area contributed by atoms with E-state index in [0.29, 0.717) is 23.8 Å². The highest BCUT2D eigenvalue weighted by atomic mass is 19.1. The third-order valence-corrected chi connectivity index (χ3v) is 4.57. The molecule has 0 aromatic heterocycles. The van der Waals surface area contributed by atoms with Crippen LogP contribution in [0.1, 0.15) is 37.9 Å². The summed E-state index contributed by atoms with van der Waals surface area (Å²) >= 11 is 0. The molecule has 104 valence electrons. The lowest BCUT2D eigenvalue weighted by molar-refractivity contribution is -0.0647. The molecule has 19 heavy (non-hydrogen) atoms. The first-order valence-corrected chi connectivity index (χ1v) is 6.86. The molecule has 2 aliphatic heterocycles. The van der Waals surface area contributed by atoms with Crippen LogP contribution in [0.25, 0.3) is 0 Å². The lowest BCUT2D eigenvalue weighted by atomic mass is 9.79. The molecule has 0 saturated carbocycles. The number of ether oxygens (including phenoxy) is 1. The van der Waals surface area contributed by atoms with Crippen LogP contribution >= 0.6 is 0 Å². The van der Waals surface area contributed by atoms with E-state index in [1.54, 1.807) is 6.07 Å². The van der Waals surface area contributed by atoms with Gasteiger partial charge in [-0.25, -0.2) is 4.39 Å². The number of rotatable bonds is 0. The van der Waals surface area contributed by atoms with Gasteiger partial charge in [-0.05, 0) is 32.5 Å². The summed E-state index contributed by atoms with van der Waals surface area (Å²) in [6.07, 6.45) is 1.79. The second-order valence-electron chi connectivity index (χ2n) is 5.97. The zero-order valence-corrected chi connectivity index (χ0v) is 11.4. The van der Waals surface area contributed by atoms with Gasteiger partial charge < -0.3 is 14.7 Å². The molecule has 3 rings (SSSR count). The molecule has 3 atom stereocenters. The van der Waals surface area contributed by atoms with Crippen LogP contribution in [0.4, 0.5) is 4.39 Å². The molecular weight excluding hydrogens is 245 g/mol. The van der Waals surface area contributed by atoms with E-state index >= 15 is 0 Å². The minimum atomic E-state index is -0.556. The summed E-state index contributed by atoms with van der Waals surface area (Å²) in [5.41, 5.74) is 0.366. The van der Waals surface area contributed by atoms with Gasteiger partial charge in [-0.3, -0.25) is 0 Å². The van der Waals surface area contributed by atoms with E-state index in [9.17, 15) is 9.50 Å². The molecular formula is C15H20FNO2. The molecule has 1 spiro atoms. The summed E-state index contributed by atoms with van der Waals surface area (Å²) in [7, 11) is 2.10. The number of nitrogens with zero attached hydrogens (tertiary/aromatic N) is 1. The number of hydrogen-bond acceptors (Lipinski definition) is 3. The Bertz CT molecular complexity index is 493. The van der Waals surface area contributed by atoms with Crippen molar-refractivity contribution in [3.8, 4) is 5.75 Å². The van der Waals surface area contributed by atoms with Crippen LogP contribution in [0.2, 0.25) is 0 Å². The maximum absolute atomic E-state index is 13.3. The minimum absolute atomic E-state index is 0.316. The van der Waals surface area contributed by atoms with Crippen LogP contribution < -0.4 is 4.74 Å². The number of aliphatic hydroxyl groups excluding tert-OH is 1. The predicted molar refractivity (Wildman–Crippen MR) is 70.7 cm³/mol. The molecule has 4 heteroatoms. The van der Waals surface area contributed by atoms with E-state index in [-0.39, 0.29) is 11.4 Å². The molecule has 1 saturated heterocycles. The summed E-state index contributed by atoms with van der Waals surface area (Å²) in [6, 6.07) is 4.81. The Labute approximate surface area is 113 Å². The second kappa shape index (κ2) is 4.46. The van der Waals surface area contributed by atoms with E-state index in [0.717, 1.165) is 19.4 Å². The normalized spacial score (nSPS) is 34.9. The quantitative estimate of drug-likeness (QED) is 0.782. The van der Waals surface area contributed by atoms with Gasteiger partial charge >= 0.3 is 0 Å². The van der Waals surface area contributed by atoms with Crippen molar-refractivity contribution in [2.24, 2.45) is 0 Å². The Morgan fingerprint density at radius 3 is 2.95 bits per heavy atom. The van der Waals surface area contributed by atoms with Crippen molar-refractivity contribution in [1.82, 2.24) is 4.90 Å². The first-order chi connectivity index (χ1) is 8.99. The van der Waals surface area contributed by atoms with Gasteiger partial charge in [-0.15, -0.1) is 0 Å². The van der Waals surface area contributed by atoms with Gasteiger partial charge in [0.05, 0.1) is 6.10 Å². The molecule has 3 nitrogen and oxygen atoms in total. The average Bonchev–Trinajstić information content (AvgIpc) is 2.34. The topological polar surface area (TPSA) is 32.7 Å². The highest BCUT2D eigenvalue weighted by Crippen LogP contribution is 2.45. The van der Waals surface area contributed by atoms with E-state index < -0.39 is 6.10 Å².